The summed E-state index contributed by atoms with van der Waals surface area (Å²) in [7, 11) is 0. The van der Waals surface area contributed by atoms with Gasteiger partial charge in [0.05, 0.1) is 0 Å². The Bertz CT molecular complexity index is 491. The molecule has 0 saturated carbocycles. The molecule has 0 aliphatic carbocycles. The molecule has 0 radical (unpaired) electrons. The summed E-state index contributed by atoms with van der Waals surface area (Å²) in [5.74, 6) is 0. The summed E-state index contributed by atoms with van der Waals surface area (Å²) in [6, 6.07) is 20.0. The normalized spacial score (nSPS) is 13.0. The molecule has 0 atom stereocenters. The van der Waals surface area contributed by atoms with Crippen LogP contribution in [0.2, 0.25) is 0 Å². The van der Waals surface area contributed by atoms with Gasteiger partial charge in [-0.3, -0.25) is 0 Å². The van der Waals surface area contributed by atoms with Crippen LogP contribution in [-0.4, -0.2) is 39.5 Å². The van der Waals surface area contributed by atoms with Gasteiger partial charge in [-0.15, -0.1) is 24.5 Å². The molecule has 0 aromatic heterocycles. The summed E-state index contributed by atoms with van der Waals surface area (Å²) in [6.45, 7) is 9.80. The van der Waals surface area contributed by atoms with E-state index in [0.29, 0.717) is 0 Å². The van der Waals surface area contributed by atoms with Crippen molar-refractivity contribution in [1.82, 2.24) is 0 Å². The molecule has 0 bridgehead atoms. The molecule has 0 N–H and O–H groups in total. The predicted molar refractivity (Wildman–Crippen MR) is 120 cm³/mol. The van der Waals surface area contributed by atoms with E-state index in [1.54, 1.807) is 0 Å². The van der Waals surface area contributed by atoms with Crippen LogP contribution in [0, 0.1) is 0 Å². The number of hydrogen-bond donors (Lipinski definition) is 0. The van der Waals surface area contributed by atoms with Gasteiger partial charge >= 0.3 is 21.7 Å². The first-order valence-corrected chi connectivity index (χ1v) is 10.5. The largest absolute Gasteiger partial charge is 4.00 e. The summed E-state index contributed by atoms with van der Waals surface area (Å²) in [5.41, 5.74) is 2.14. The number of halogens is 2. The van der Waals surface area contributed by atoms with Crippen LogP contribution < -0.4 is 9.41 Å². The third-order valence-electron chi connectivity index (χ3n) is 3.85. The summed E-state index contributed by atoms with van der Waals surface area (Å²) in [5, 5.41) is 8.41. The quantitative estimate of drug-likeness (QED) is 0.627. The minimum Gasteiger partial charge on any atom is -1.00 e. The molecule has 2 aliphatic rings. The van der Waals surface area contributed by atoms with E-state index in [2.05, 4.69) is 10.6 Å². The average molecular weight is 470 g/mol. The van der Waals surface area contributed by atoms with Crippen molar-refractivity contribution in [2.24, 2.45) is 0 Å². The summed E-state index contributed by atoms with van der Waals surface area (Å²) < 4.78 is 9.89. The maximum absolute atomic E-state index is 4.94. The van der Waals surface area contributed by atoms with E-state index >= 15 is 0 Å². The summed E-state index contributed by atoms with van der Waals surface area (Å²) in [6.07, 6.45) is 5.11. The van der Waals surface area contributed by atoms with E-state index < -0.39 is 0 Å². The van der Waals surface area contributed by atoms with Gasteiger partial charge in [0, 0.05) is 26.4 Å². The molecular weight excluding hydrogens is 434 g/mol. The van der Waals surface area contributed by atoms with E-state index in [9.17, 15) is 0 Å². The van der Waals surface area contributed by atoms with Crippen molar-refractivity contribution in [3.05, 3.63) is 71.3 Å². The molecule has 2 aromatic carbocycles. The minimum absolute atomic E-state index is 0. The molecule has 2 aliphatic heterocycles. The Morgan fingerprint density at radius 1 is 0.581 bits per heavy atom. The zero-order valence-corrected chi connectivity index (χ0v) is 20.4. The fourth-order valence-electron chi connectivity index (χ4n) is 2.45. The van der Waals surface area contributed by atoms with Crippen molar-refractivity contribution in [2.75, 3.05) is 39.5 Å². The van der Waals surface area contributed by atoms with Crippen molar-refractivity contribution in [3.63, 3.8) is 0 Å². The monoisotopic (exact) mass is 470 g/mol. The topological polar surface area (TPSA) is 46.7 Å². The smallest absolute Gasteiger partial charge is 1.00 e. The standard InChI is InChI=1S/2C8H10N.2C4H8O.2FH.Ti/c2*1-2-9-8-6-4-3-5-7-8;2*1-2-4-5-3-1;;;/h2*3-7H,2H2,1H3;2*1-4H2;2*1H;/q2*-1;;;;;+4/p-2. The SMILES string of the molecule is C1CCOC1.C1CCOC1.CC[N-]c1ccccc1.CC[N-]c1ccccc1.[F-].[F-].[Ti+4]. The Hall–Kier alpha value is -1.47. The van der Waals surface area contributed by atoms with Gasteiger partial charge in [-0.1, -0.05) is 74.5 Å². The Labute approximate surface area is 202 Å². The van der Waals surface area contributed by atoms with Crippen LogP contribution in [0.1, 0.15) is 39.5 Å². The molecule has 7 heteroatoms. The van der Waals surface area contributed by atoms with E-state index in [1.807, 2.05) is 74.5 Å². The zero-order chi connectivity index (χ0) is 20.1. The van der Waals surface area contributed by atoms with E-state index in [4.69, 9.17) is 9.47 Å². The number of benzene rings is 2. The molecule has 31 heavy (non-hydrogen) atoms. The molecule has 2 heterocycles. The number of ether oxygens (including phenoxy) is 2. The van der Waals surface area contributed by atoms with Crippen molar-refractivity contribution < 1.29 is 40.6 Å². The van der Waals surface area contributed by atoms with Gasteiger partial charge in [0.15, 0.2) is 0 Å². The fourth-order valence-corrected chi connectivity index (χ4v) is 2.45. The molecule has 0 spiro atoms. The van der Waals surface area contributed by atoms with Gasteiger partial charge in [-0.2, -0.15) is 0 Å². The minimum atomic E-state index is 0. The van der Waals surface area contributed by atoms with E-state index in [-0.39, 0.29) is 31.1 Å². The van der Waals surface area contributed by atoms with E-state index in [1.165, 1.54) is 25.7 Å². The van der Waals surface area contributed by atoms with Crippen molar-refractivity contribution in [3.8, 4) is 0 Å². The van der Waals surface area contributed by atoms with Crippen LogP contribution in [0.4, 0.5) is 11.4 Å². The van der Waals surface area contributed by atoms with Crippen LogP contribution in [0.25, 0.3) is 10.6 Å². The number of rotatable bonds is 4. The van der Waals surface area contributed by atoms with Gasteiger partial charge in [-0.25, -0.2) is 0 Å². The van der Waals surface area contributed by atoms with Gasteiger partial charge in [0.2, 0.25) is 0 Å². The molecule has 0 amide bonds. The third-order valence-corrected chi connectivity index (χ3v) is 3.85. The van der Waals surface area contributed by atoms with Crippen LogP contribution in [0.5, 0.6) is 0 Å². The Balaban J connectivity index is -0.000000337. The van der Waals surface area contributed by atoms with Crippen molar-refractivity contribution >= 4 is 11.4 Å². The number of nitrogens with zero attached hydrogens (tertiary/aromatic N) is 2. The maximum atomic E-state index is 4.94. The molecule has 2 saturated heterocycles. The van der Waals surface area contributed by atoms with Crippen molar-refractivity contribution in [1.29, 1.82) is 0 Å². The molecule has 4 nitrogen and oxygen atoms in total. The van der Waals surface area contributed by atoms with Crippen LogP contribution in [0.3, 0.4) is 0 Å². The third kappa shape index (κ3) is 21.5. The first kappa shape index (κ1) is 34.2. The molecule has 4 rings (SSSR count). The Morgan fingerprint density at radius 3 is 1.06 bits per heavy atom. The maximum Gasteiger partial charge on any atom is 4.00 e. The Kier molecular flexibility index (Phi) is 29.3. The van der Waals surface area contributed by atoms with E-state index in [0.717, 1.165) is 50.9 Å². The second-order valence-corrected chi connectivity index (χ2v) is 6.26. The molecular formula is C24H36F2N2O2Ti. The second kappa shape index (κ2) is 26.6. The Morgan fingerprint density at radius 2 is 0.871 bits per heavy atom. The summed E-state index contributed by atoms with van der Waals surface area (Å²) >= 11 is 0. The van der Waals surface area contributed by atoms with Crippen LogP contribution >= 0.6 is 0 Å². The average Bonchev–Trinajstić information content (AvgIpc) is 3.50. The van der Waals surface area contributed by atoms with Crippen LogP contribution in [0.15, 0.2) is 60.7 Å². The van der Waals surface area contributed by atoms with Gasteiger partial charge in [0.25, 0.3) is 0 Å². The van der Waals surface area contributed by atoms with Gasteiger partial charge in [0.1, 0.15) is 0 Å². The first-order valence-electron chi connectivity index (χ1n) is 10.5. The predicted octanol–water partition coefficient (Wildman–Crippen LogP) is 1.02. The van der Waals surface area contributed by atoms with Gasteiger partial charge in [-0.05, 0) is 25.7 Å². The molecule has 172 valence electrons. The summed E-state index contributed by atoms with van der Waals surface area (Å²) in [4.78, 5) is 0. The van der Waals surface area contributed by atoms with Gasteiger partial charge < -0.3 is 29.5 Å². The van der Waals surface area contributed by atoms with Crippen molar-refractivity contribution in [2.45, 2.75) is 39.5 Å². The molecule has 2 aromatic rings. The molecule has 2 fully saturated rings. The zero-order valence-electron chi connectivity index (χ0n) is 18.8. The first-order chi connectivity index (χ1) is 13.9. The number of hydrogen-bond acceptors (Lipinski definition) is 2. The second-order valence-electron chi connectivity index (χ2n) is 6.26. The van der Waals surface area contributed by atoms with Crippen LogP contribution in [-0.2, 0) is 31.2 Å². The number of para-hydroxylation sites is 2. The molecule has 0 unspecified atom stereocenters. The fraction of sp³-hybridized carbons (Fsp3) is 0.500.